The first-order valence-corrected chi connectivity index (χ1v) is 2.56. The molecule has 0 bridgehead atoms. The van der Waals surface area contributed by atoms with Crippen molar-refractivity contribution in [2.75, 3.05) is 0 Å². The van der Waals surface area contributed by atoms with Gasteiger partial charge < -0.3 is 0 Å². The second kappa shape index (κ2) is 19.8. The van der Waals surface area contributed by atoms with E-state index in [4.69, 9.17) is 3.23 Å². The monoisotopic (exact) mass is 340 g/mol. The molecule has 0 saturated carbocycles. The van der Waals surface area contributed by atoms with E-state index in [1.165, 1.54) is 35.0 Å². The van der Waals surface area contributed by atoms with E-state index in [1.54, 1.807) is 0 Å². The molecule has 0 saturated heterocycles. The van der Waals surface area contributed by atoms with Crippen molar-refractivity contribution in [2.45, 2.75) is 0 Å². The molecule has 4 heavy (non-hydrogen) atoms. The fourth-order valence-corrected chi connectivity index (χ4v) is 0. The van der Waals surface area contributed by atoms with E-state index in [-0.39, 0.29) is 33.8 Å². The van der Waals surface area contributed by atoms with E-state index in [0.717, 1.165) is 0 Å². The van der Waals surface area contributed by atoms with Gasteiger partial charge in [0.05, 0.1) is 0 Å². The Bertz CT molecular complexity index is 8.00. The molecule has 0 fully saturated rings. The molecule has 0 amide bonds. The molecule has 0 aromatic carbocycles. The van der Waals surface area contributed by atoms with E-state index in [2.05, 4.69) is 0 Å². The van der Waals surface area contributed by atoms with E-state index in [0.29, 0.717) is 0 Å². The van der Waals surface area contributed by atoms with Gasteiger partial charge in [-0.25, -0.2) is 0 Å². The number of hydrogen-bond donors (Lipinski definition) is 0. The molecule has 0 heterocycles. The average Bonchev–Trinajstić information content (AvgIpc) is 1.50. The van der Waals surface area contributed by atoms with E-state index in [9.17, 15) is 0 Å². The Hall–Kier alpha value is 2.03. The van der Waals surface area contributed by atoms with Gasteiger partial charge in [0.25, 0.3) is 0 Å². The first-order valence-electron chi connectivity index (χ1n) is 0.349. The van der Waals surface area contributed by atoms with Gasteiger partial charge in [-0.2, -0.15) is 0 Å². The van der Waals surface area contributed by atoms with Gasteiger partial charge in [-0.1, -0.05) is 0 Å². The second-order valence-corrected chi connectivity index (χ2v) is 0. The Morgan fingerprint density at radius 2 is 1.25 bits per heavy atom. The Morgan fingerprint density at radius 1 is 1.25 bits per heavy atom. The number of hydrogen-bond acceptors (Lipinski definition) is 2. The van der Waals surface area contributed by atoms with Crippen LogP contribution in [0.15, 0.2) is 0 Å². The van der Waals surface area contributed by atoms with Crippen molar-refractivity contribution in [3.8, 4) is 0 Å². The van der Waals surface area contributed by atoms with Crippen LogP contribution < -0.4 is 0 Å². The van der Waals surface area contributed by atoms with Crippen LogP contribution in [0.1, 0.15) is 0 Å². The third kappa shape index (κ3) is 8.98. The summed E-state index contributed by atoms with van der Waals surface area (Å²) >= 11 is 1.22. The predicted octanol–water partition coefficient (Wildman–Crippen LogP) is -0.238. The molecule has 0 atom stereocenters. The summed E-state index contributed by atoms with van der Waals surface area (Å²) in [6, 6.07) is 0. The first-order chi connectivity index (χ1) is 2.00. The molecular formula is LaO2Tm. The molecule has 4 heteroatoms. The van der Waals surface area contributed by atoms with Crippen LogP contribution in [0.2, 0.25) is 0 Å². The van der Waals surface area contributed by atoms with Crippen molar-refractivity contribution in [2.24, 2.45) is 0 Å². The Balaban J connectivity index is 0. The molecule has 0 aliphatic rings. The minimum absolute atomic E-state index is 0.0833. The zero-order valence-corrected chi connectivity index (χ0v) is 7.08. The second-order valence-electron chi connectivity index (χ2n) is 0. The maximum absolute atomic E-state index is 8.42. The van der Waals surface area contributed by atoms with Gasteiger partial charge in [-0.05, 0) is 0 Å². The summed E-state index contributed by atoms with van der Waals surface area (Å²) in [5.74, 6) is 0. The van der Waals surface area contributed by atoms with Crippen LogP contribution in [0.5, 0.6) is 0 Å². The Morgan fingerprint density at radius 3 is 1.25 bits per heavy atom. The molecule has 0 spiro atoms. The van der Waals surface area contributed by atoms with Crippen LogP contribution in [0.3, 0.4) is 0 Å². The van der Waals surface area contributed by atoms with Crippen LogP contribution >= 0.6 is 0 Å². The van der Waals surface area contributed by atoms with Crippen LogP contribution in [0.4, 0.5) is 0 Å². The van der Waals surface area contributed by atoms with Crippen molar-refractivity contribution in [3.63, 3.8) is 0 Å². The fourth-order valence-electron chi connectivity index (χ4n) is 0. The molecule has 0 aromatic rings. The quantitative estimate of drug-likeness (QED) is 0.610. The molecule has 0 aromatic heterocycles. The van der Waals surface area contributed by atoms with Crippen molar-refractivity contribution in [1.29, 1.82) is 0 Å². The van der Waals surface area contributed by atoms with Crippen LogP contribution in [0, 0.1) is 68.9 Å². The molecule has 2 nitrogen and oxygen atoms in total. The van der Waals surface area contributed by atoms with Gasteiger partial charge in [0.2, 0.25) is 0 Å². The summed E-state index contributed by atoms with van der Waals surface area (Å²) in [5, 5.41) is 0. The summed E-state index contributed by atoms with van der Waals surface area (Å²) in [4.78, 5) is 0. The molecule has 28 valence electrons. The van der Waals surface area contributed by atoms with Crippen molar-refractivity contribution in [3.05, 3.63) is 0 Å². The van der Waals surface area contributed by atoms with Crippen LogP contribution in [-0.4, -0.2) is 0 Å². The van der Waals surface area contributed by atoms with Gasteiger partial charge in [0, 0.05) is 0 Å². The summed E-state index contributed by atoms with van der Waals surface area (Å²) in [7, 11) is 0. The summed E-state index contributed by atoms with van der Waals surface area (Å²) in [6.07, 6.45) is 0. The third-order valence-electron chi connectivity index (χ3n) is 0. The zero-order valence-electron chi connectivity index (χ0n) is 1.67. The van der Waals surface area contributed by atoms with Crippen LogP contribution in [-0.2, 0) is 3.23 Å². The van der Waals surface area contributed by atoms with Crippen LogP contribution in [0.25, 0.3) is 0 Å². The summed E-state index contributed by atoms with van der Waals surface area (Å²) < 4.78 is 16.6. The Labute approximate surface area is 70.4 Å². The third-order valence-corrected chi connectivity index (χ3v) is 0. The van der Waals surface area contributed by atoms with Crippen molar-refractivity contribution in [1.82, 2.24) is 0 Å². The van der Waals surface area contributed by atoms with Gasteiger partial charge in [-0.3, -0.25) is 0 Å². The molecule has 0 aliphatic carbocycles. The summed E-state index contributed by atoms with van der Waals surface area (Å²) in [6.45, 7) is 0. The van der Waals surface area contributed by atoms with Gasteiger partial charge in [-0.15, -0.1) is 0 Å². The normalized spacial score (nSPS) is 3.00. The van der Waals surface area contributed by atoms with E-state index >= 15 is 0 Å². The van der Waals surface area contributed by atoms with E-state index in [1.807, 2.05) is 0 Å². The SMILES string of the molecule is [O]=[La].[O]=[Tm]. The molecular weight excluding hydrogens is 340 g/mol. The summed E-state index contributed by atoms with van der Waals surface area (Å²) in [5.41, 5.74) is 0. The van der Waals surface area contributed by atoms with Gasteiger partial charge >= 0.3 is 72.1 Å². The first kappa shape index (κ1) is 9.39. The fraction of sp³-hybridized carbons (Fsp3) is 0. The van der Waals surface area contributed by atoms with Crippen molar-refractivity contribution < 1.29 is 72.1 Å². The minimum atomic E-state index is -0.0833. The molecule has 0 rings (SSSR count). The molecule has 0 unspecified atom stereocenters. The Kier molecular flexibility index (Phi) is 46.6. The molecule has 0 N–H and O–H groups in total. The van der Waals surface area contributed by atoms with Crippen molar-refractivity contribution >= 4 is 0 Å². The standard InChI is InChI=1S/La.2O.Tm. The topological polar surface area (TPSA) is 34.1 Å². The van der Waals surface area contributed by atoms with E-state index < -0.39 is 0 Å². The molecule has 0 aliphatic heterocycles. The average molecular weight is 340 g/mol. The molecule has 0 radical (unpaired) electrons. The predicted molar refractivity (Wildman–Crippen MR) is 1.37 cm³/mol. The van der Waals surface area contributed by atoms with Gasteiger partial charge in [0.1, 0.15) is 0 Å². The maximum atomic E-state index is 8.42. The van der Waals surface area contributed by atoms with Gasteiger partial charge in [0.15, 0.2) is 0 Å². The zero-order chi connectivity index (χ0) is 4.00. The number of rotatable bonds is 0.